The summed E-state index contributed by atoms with van der Waals surface area (Å²) < 4.78 is 0. The number of aryl methyl sites for hydroxylation is 2. The van der Waals surface area contributed by atoms with Crippen molar-refractivity contribution in [2.45, 2.75) is 72.6 Å². The first-order chi connectivity index (χ1) is 12.1. The van der Waals surface area contributed by atoms with E-state index in [9.17, 15) is 0 Å². The average Bonchev–Trinajstić information content (AvgIpc) is 2.88. The zero-order valence-corrected chi connectivity index (χ0v) is 15.5. The highest BCUT2D eigenvalue weighted by Crippen LogP contribution is 2.31. The molecule has 140 valence electrons. The Morgan fingerprint density at radius 1 is 1.00 bits per heavy atom. The standard InChI is InChI=1S/C21H28N4.CH4/c1-14-10-8-9-13-18(14)19(22)24-20-15(2)16(3)23-21(25-20)17-11-6-4-5-7-12-17;/h8-10,13,17H,4-7,11-12H2,1-3H3,(H2,22,23,24,25);1H4. The molecule has 1 aliphatic rings. The monoisotopic (exact) mass is 352 g/mol. The lowest BCUT2D eigenvalue weighted by Gasteiger charge is -2.15. The lowest BCUT2D eigenvalue weighted by Crippen LogP contribution is -2.15. The van der Waals surface area contributed by atoms with Gasteiger partial charge in [-0.2, -0.15) is 0 Å². The fraction of sp³-hybridized carbons (Fsp3) is 0.500. The maximum Gasteiger partial charge on any atom is 0.161 e. The van der Waals surface area contributed by atoms with Crippen molar-refractivity contribution >= 4 is 11.7 Å². The van der Waals surface area contributed by atoms with Crippen LogP contribution in [0.25, 0.3) is 0 Å². The van der Waals surface area contributed by atoms with Gasteiger partial charge in [-0.25, -0.2) is 15.0 Å². The molecule has 2 N–H and O–H groups in total. The summed E-state index contributed by atoms with van der Waals surface area (Å²) in [6.07, 6.45) is 7.55. The Morgan fingerprint density at radius 2 is 1.65 bits per heavy atom. The van der Waals surface area contributed by atoms with Crippen LogP contribution >= 0.6 is 0 Å². The second-order valence-corrected chi connectivity index (χ2v) is 7.12. The molecule has 1 aliphatic carbocycles. The minimum Gasteiger partial charge on any atom is -0.383 e. The summed E-state index contributed by atoms with van der Waals surface area (Å²) in [5.41, 5.74) is 10.4. The summed E-state index contributed by atoms with van der Waals surface area (Å²) in [7, 11) is 0. The molecule has 0 atom stereocenters. The van der Waals surface area contributed by atoms with Crippen LogP contribution in [0.15, 0.2) is 29.3 Å². The van der Waals surface area contributed by atoms with E-state index in [4.69, 9.17) is 15.7 Å². The highest BCUT2D eigenvalue weighted by atomic mass is 15.0. The maximum atomic E-state index is 6.29. The third-order valence-corrected chi connectivity index (χ3v) is 5.25. The van der Waals surface area contributed by atoms with E-state index in [2.05, 4.69) is 4.99 Å². The summed E-state index contributed by atoms with van der Waals surface area (Å²) in [4.78, 5) is 14.3. The van der Waals surface area contributed by atoms with E-state index in [1.165, 1.54) is 38.5 Å². The van der Waals surface area contributed by atoms with E-state index in [1.807, 2.05) is 45.0 Å². The first-order valence-corrected chi connectivity index (χ1v) is 9.31. The van der Waals surface area contributed by atoms with Crippen LogP contribution in [0.3, 0.4) is 0 Å². The minimum atomic E-state index is 0. The van der Waals surface area contributed by atoms with E-state index in [-0.39, 0.29) is 7.43 Å². The molecular formula is C22H32N4. The Balaban J connectivity index is 0.00000243. The number of nitrogens with zero attached hydrogens (tertiary/aromatic N) is 3. The number of hydrogen-bond acceptors (Lipinski definition) is 3. The molecule has 0 radical (unpaired) electrons. The number of hydrogen-bond donors (Lipinski definition) is 1. The topological polar surface area (TPSA) is 64.2 Å². The van der Waals surface area contributed by atoms with Crippen LogP contribution in [0.4, 0.5) is 5.82 Å². The average molecular weight is 353 g/mol. The lowest BCUT2D eigenvalue weighted by atomic mass is 9.99. The van der Waals surface area contributed by atoms with Gasteiger partial charge in [0, 0.05) is 22.7 Å². The molecule has 1 heterocycles. The van der Waals surface area contributed by atoms with Gasteiger partial charge < -0.3 is 5.73 Å². The first kappa shape index (κ1) is 20.1. The van der Waals surface area contributed by atoms with Crippen molar-refractivity contribution in [1.82, 2.24) is 9.97 Å². The molecule has 3 rings (SSSR count). The van der Waals surface area contributed by atoms with Crippen LogP contribution in [0.2, 0.25) is 0 Å². The summed E-state index contributed by atoms with van der Waals surface area (Å²) >= 11 is 0. The number of amidine groups is 1. The smallest absolute Gasteiger partial charge is 0.161 e. The van der Waals surface area contributed by atoms with Gasteiger partial charge in [0.05, 0.1) is 0 Å². The van der Waals surface area contributed by atoms with Crippen LogP contribution in [0.5, 0.6) is 0 Å². The van der Waals surface area contributed by atoms with Gasteiger partial charge in [0.15, 0.2) is 5.82 Å². The van der Waals surface area contributed by atoms with Crippen molar-refractivity contribution in [2.24, 2.45) is 10.7 Å². The minimum absolute atomic E-state index is 0. The molecule has 4 heteroatoms. The number of aliphatic imine (C=N–C) groups is 1. The fourth-order valence-corrected chi connectivity index (χ4v) is 3.50. The summed E-state index contributed by atoms with van der Waals surface area (Å²) in [5, 5.41) is 0. The zero-order valence-electron chi connectivity index (χ0n) is 15.5. The molecule has 0 aliphatic heterocycles. The van der Waals surface area contributed by atoms with Gasteiger partial charge in [0.2, 0.25) is 0 Å². The van der Waals surface area contributed by atoms with Gasteiger partial charge in [0.1, 0.15) is 11.7 Å². The Kier molecular flexibility index (Phi) is 6.90. The van der Waals surface area contributed by atoms with E-state index in [0.717, 1.165) is 28.2 Å². The summed E-state index contributed by atoms with van der Waals surface area (Å²) in [5.74, 6) is 2.63. The highest BCUT2D eigenvalue weighted by molar-refractivity contribution is 6.00. The van der Waals surface area contributed by atoms with E-state index < -0.39 is 0 Å². The maximum absolute atomic E-state index is 6.29. The van der Waals surface area contributed by atoms with Crippen molar-refractivity contribution in [3.8, 4) is 0 Å². The molecule has 1 saturated carbocycles. The second kappa shape index (κ2) is 8.93. The summed E-state index contributed by atoms with van der Waals surface area (Å²) in [6.45, 7) is 6.11. The number of rotatable bonds is 3. The normalized spacial score (nSPS) is 16.0. The molecule has 0 unspecified atom stereocenters. The van der Waals surface area contributed by atoms with Crippen LogP contribution in [-0.2, 0) is 0 Å². The van der Waals surface area contributed by atoms with Gasteiger partial charge in [-0.05, 0) is 39.2 Å². The van der Waals surface area contributed by atoms with Crippen molar-refractivity contribution < 1.29 is 0 Å². The van der Waals surface area contributed by atoms with E-state index >= 15 is 0 Å². The van der Waals surface area contributed by atoms with E-state index in [0.29, 0.717) is 17.6 Å². The molecule has 0 bridgehead atoms. The molecule has 26 heavy (non-hydrogen) atoms. The lowest BCUT2D eigenvalue weighted by molar-refractivity contribution is 0.558. The molecule has 4 nitrogen and oxygen atoms in total. The van der Waals surface area contributed by atoms with Crippen LogP contribution in [0.1, 0.15) is 80.1 Å². The SMILES string of the molecule is C.Cc1ccccc1C(N)=Nc1nc(C2CCCCCC2)nc(C)c1C. The Hall–Kier alpha value is -2.23. The molecule has 1 aromatic carbocycles. The number of nitrogens with two attached hydrogens (primary N) is 1. The third kappa shape index (κ3) is 4.48. The molecule has 0 amide bonds. The predicted molar refractivity (Wildman–Crippen MR) is 110 cm³/mol. The molecule has 0 saturated heterocycles. The van der Waals surface area contributed by atoms with Crippen molar-refractivity contribution in [1.29, 1.82) is 0 Å². The van der Waals surface area contributed by atoms with Gasteiger partial charge in [-0.3, -0.25) is 0 Å². The van der Waals surface area contributed by atoms with Crippen LogP contribution in [-0.4, -0.2) is 15.8 Å². The molecule has 0 spiro atoms. The predicted octanol–water partition coefficient (Wildman–Crippen LogP) is 5.51. The quantitative estimate of drug-likeness (QED) is 0.450. The van der Waals surface area contributed by atoms with Crippen LogP contribution in [0, 0.1) is 20.8 Å². The fourth-order valence-electron chi connectivity index (χ4n) is 3.50. The first-order valence-electron chi connectivity index (χ1n) is 9.31. The molecule has 1 fully saturated rings. The highest BCUT2D eigenvalue weighted by Gasteiger charge is 2.19. The van der Waals surface area contributed by atoms with Gasteiger partial charge in [0.25, 0.3) is 0 Å². The number of aromatic nitrogens is 2. The van der Waals surface area contributed by atoms with Gasteiger partial charge in [-0.1, -0.05) is 57.4 Å². The second-order valence-electron chi connectivity index (χ2n) is 7.12. The Bertz CT molecular complexity index is 772. The van der Waals surface area contributed by atoms with Crippen molar-refractivity contribution in [3.05, 3.63) is 52.5 Å². The molecule has 1 aromatic heterocycles. The largest absolute Gasteiger partial charge is 0.383 e. The van der Waals surface area contributed by atoms with Gasteiger partial charge >= 0.3 is 0 Å². The third-order valence-electron chi connectivity index (χ3n) is 5.25. The zero-order chi connectivity index (χ0) is 17.8. The van der Waals surface area contributed by atoms with Gasteiger partial charge in [-0.15, -0.1) is 0 Å². The van der Waals surface area contributed by atoms with Crippen LogP contribution < -0.4 is 5.73 Å². The summed E-state index contributed by atoms with van der Waals surface area (Å²) in [6, 6.07) is 8.05. The molecular weight excluding hydrogens is 320 g/mol. The Labute approximate surface area is 158 Å². The van der Waals surface area contributed by atoms with E-state index in [1.54, 1.807) is 0 Å². The van der Waals surface area contributed by atoms with Crippen molar-refractivity contribution in [2.75, 3.05) is 0 Å². The molecule has 2 aromatic rings. The van der Waals surface area contributed by atoms with Crippen molar-refractivity contribution in [3.63, 3.8) is 0 Å². The Morgan fingerprint density at radius 3 is 2.31 bits per heavy atom. The number of benzene rings is 1.